The summed E-state index contributed by atoms with van der Waals surface area (Å²) in [6.07, 6.45) is 0. The molecule has 0 spiro atoms. The molecule has 3 rings (SSSR count). The predicted octanol–water partition coefficient (Wildman–Crippen LogP) is 3.00. The summed E-state index contributed by atoms with van der Waals surface area (Å²) in [4.78, 5) is 11.2. The maximum Gasteiger partial charge on any atom is 0.194 e. The number of benzene rings is 2. The Morgan fingerprint density at radius 3 is 2.83 bits per heavy atom. The molecule has 2 aromatic carbocycles. The number of hydrogen-bond donors (Lipinski definition) is 2. The van der Waals surface area contributed by atoms with E-state index in [1.807, 2.05) is 0 Å². The molecule has 2 N–H and O–H groups in total. The van der Waals surface area contributed by atoms with Gasteiger partial charge in [-0.3, -0.25) is 4.79 Å². The highest BCUT2D eigenvalue weighted by molar-refractivity contribution is 6.07. The van der Waals surface area contributed by atoms with Gasteiger partial charge in [0.1, 0.15) is 17.1 Å². The van der Waals surface area contributed by atoms with Crippen molar-refractivity contribution >= 4 is 27.5 Å². The van der Waals surface area contributed by atoms with Crippen LogP contribution in [0.1, 0.15) is 17.5 Å². The van der Waals surface area contributed by atoms with Gasteiger partial charge in [-0.1, -0.05) is 12.1 Å². The summed E-state index contributed by atoms with van der Waals surface area (Å²) in [7, 11) is 0. The van der Waals surface area contributed by atoms with Crippen LogP contribution in [-0.2, 0) is 0 Å². The zero-order valence-corrected chi connectivity index (χ0v) is 9.52. The second-order valence-electron chi connectivity index (χ2n) is 4.08. The summed E-state index contributed by atoms with van der Waals surface area (Å²) in [5.74, 6) is -0.208. The Morgan fingerprint density at radius 1 is 1.33 bits per heavy atom. The Kier molecular flexibility index (Phi) is 2.07. The first kappa shape index (κ1) is 10.7. The Bertz CT molecular complexity index is 783. The number of hydrogen-bond acceptors (Lipinski definition) is 4. The maximum atomic E-state index is 11.2. The summed E-state index contributed by atoms with van der Waals surface area (Å²) in [6.45, 7) is 1.38. The van der Waals surface area contributed by atoms with Crippen LogP contribution in [0.5, 0.6) is 11.5 Å². The van der Waals surface area contributed by atoms with Gasteiger partial charge in [0.25, 0.3) is 0 Å². The number of phenols is 2. The van der Waals surface area contributed by atoms with E-state index >= 15 is 0 Å². The van der Waals surface area contributed by atoms with Crippen LogP contribution < -0.4 is 0 Å². The minimum atomic E-state index is -0.229. The largest absolute Gasteiger partial charge is 0.507 e. The van der Waals surface area contributed by atoms with Crippen LogP contribution in [0.4, 0.5) is 0 Å². The van der Waals surface area contributed by atoms with Crippen molar-refractivity contribution in [3.63, 3.8) is 0 Å². The molecule has 4 nitrogen and oxygen atoms in total. The SMILES string of the molecule is CC(=O)c1cc2c(O)c3c(O)cccc3[c]c2o1. The highest BCUT2D eigenvalue weighted by atomic mass is 16.3. The van der Waals surface area contributed by atoms with Crippen molar-refractivity contribution in [2.75, 3.05) is 0 Å². The third-order valence-electron chi connectivity index (χ3n) is 2.86. The molecule has 1 aromatic heterocycles. The lowest BCUT2D eigenvalue weighted by Crippen LogP contribution is -1.85. The van der Waals surface area contributed by atoms with Crippen LogP contribution in [0.2, 0.25) is 0 Å². The zero-order chi connectivity index (χ0) is 12.9. The van der Waals surface area contributed by atoms with E-state index in [2.05, 4.69) is 6.07 Å². The van der Waals surface area contributed by atoms with Crippen LogP contribution in [0.3, 0.4) is 0 Å². The van der Waals surface area contributed by atoms with Crippen molar-refractivity contribution in [1.29, 1.82) is 0 Å². The van der Waals surface area contributed by atoms with Gasteiger partial charge < -0.3 is 14.6 Å². The first-order valence-electron chi connectivity index (χ1n) is 5.38. The van der Waals surface area contributed by atoms with E-state index in [1.54, 1.807) is 12.1 Å². The third-order valence-corrected chi connectivity index (χ3v) is 2.86. The average Bonchev–Trinajstić information content (AvgIpc) is 2.73. The van der Waals surface area contributed by atoms with Gasteiger partial charge in [-0.25, -0.2) is 0 Å². The molecule has 18 heavy (non-hydrogen) atoms. The van der Waals surface area contributed by atoms with Crippen LogP contribution in [0.15, 0.2) is 28.7 Å². The van der Waals surface area contributed by atoms with Crippen molar-refractivity contribution in [3.05, 3.63) is 36.1 Å². The van der Waals surface area contributed by atoms with E-state index in [4.69, 9.17) is 4.42 Å². The summed E-state index contributed by atoms with van der Waals surface area (Å²) in [5, 5.41) is 21.1. The van der Waals surface area contributed by atoms with Crippen LogP contribution in [0, 0.1) is 6.07 Å². The monoisotopic (exact) mass is 241 g/mol. The van der Waals surface area contributed by atoms with E-state index in [1.165, 1.54) is 19.1 Å². The lowest BCUT2D eigenvalue weighted by Gasteiger charge is -2.03. The molecular formula is C14H9O4. The van der Waals surface area contributed by atoms with Gasteiger partial charge in [-0.2, -0.15) is 0 Å². The van der Waals surface area contributed by atoms with Gasteiger partial charge in [0.05, 0.1) is 10.8 Å². The molecule has 0 atom stereocenters. The first-order chi connectivity index (χ1) is 8.58. The first-order valence-corrected chi connectivity index (χ1v) is 5.38. The molecule has 1 heterocycles. The quantitative estimate of drug-likeness (QED) is 0.642. The van der Waals surface area contributed by atoms with Gasteiger partial charge in [0, 0.05) is 18.4 Å². The number of carbonyl (C=O) groups excluding carboxylic acids is 1. The van der Waals surface area contributed by atoms with Crippen molar-refractivity contribution < 1.29 is 19.4 Å². The van der Waals surface area contributed by atoms with Gasteiger partial charge >= 0.3 is 0 Å². The summed E-state index contributed by atoms with van der Waals surface area (Å²) >= 11 is 0. The number of ketones is 1. The minimum Gasteiger partial charge on any atom is -0.507 e. The van der Waals surface area contributed by atoms with Crippen LogP contribution in [0.25, 0.3) is 21.7 Å². The Labute approximate surface area is 102 Å². The number of rotatable bonds is 1. The van der Waals surface area contributed by atoms with E-state index in [9.17, 15) is 15.0 Å². The molecule has 4 heteroatoms. The highest BCUT2D eigenvalue weighted by Crippen LogP contribution is 2.39. The lowest BCUT2D eigenvalue weighted by molar-refractivity contribution is 0.0989. The molecule has 0 unspecified atom stereocenters. The second kappa shape index (κ2) is 3.50. The predicted molar refractivity (Wildman–Crippen MR) is 65.9 cm³/mol. The van der Waals surface area contributed by atoms with Crippen LogP contribution in [-0.4, -0.2) is 16.0 Å². The number of phenolic OH excluding ortho intramolecular Hbond substituents is 2. The van der Waals surface area contributed by atoms with Crippen molar-refractivity contribution in [2.45, 2.75) is 6.92 Å². The van der Waals surface area contributed by atoms with Crippen molar-refractivity contribution in [2.24, 2.45) is 0 Å². The average molecular weight is 241 g/mol. The molecule has 0 amide bonds. The summed E-state index contributed by atoms with van der Waals surface area (Å²) in [5.41, 5.74) is 0.302. The number of aromatic hydroxyl groups is 2. The molecule has 0 fully saturated rings. The fourth-order valence-corrected chi connectivity index (χ4v) is 1.98. The highest BCUT2D eigenvalue weighted by Gasteiger charge is 2.16. The fourth-order valence-electron chi connectivity index (χ4n) is 1.98. The molecule has 3 aromatic rings. The molecule has 89 valence electrons. The van der Waals surface area contributed by atoms with Gasteiger partial charge in [-0.15, -0.1) is 0 Å². The molecule has 0 aliphatic carbocycles. The molecule has 0 aliphatic rings. The molecular weight excluding hydrogens is 232 g/mol. The summed E-state index contributed by atoms with van der Waals surface area (Å²) < 4.78 is 5.31. The number of furan rings is 1. The minimum absolute atomic E-state index is 0.0336. The third kappa shape index (κ3) is 1.35. The standard InChI is InChI=1S/C14H9O4/c1-7(15)11-6-9-12(18-11)5-8-3-2-4-10(16)13(8)14(9)17/h2-4,6,16-17H,1H3. The van der Waals surface area contributed by atoms with E-state index in [0.29, 0.717) is 21.7 Å². The van der Waals surface area contributed by atoms with E-state index < -0.39 is 0 Å². The van der Waals surface area contributed by atoms with Gasteiger partial charge in [0.2, 0.25) is 0 Å². The number of Topliss-reactive ketones (excluding diaryl/α,β-unsaturated/α-hetero) is 1. The zero-order valence-electron chi connectivity index (χ0n) is 9.52. The van der Waals surface area contributed by atoms with Gasteiger partial charge in [0.15, 0.2) is 11.5 Å². The Hall–Kier alpha value is -2.49. The Balaban J connectivity index is 2.49. The van der Waals surface area contributed by atoms with E-state index in [0.717, 1.165) is 0 Å². The second-order valence-corrected chi connectivity index (χ2v) is 4.08. The summed E-state index contributed by atoms with van der Waals surface area (Å²) in [6, 6.07) is 9.21. The molecule has 0 saturated heterocycles. The maximum absolute atomic E-state index is 11.2. The molecule has 1 radical (unpaired) electrons. The Morgan fingerprint density at radius 2 is 2.11 bits per heavy atom. The lowest BCUT2D eigenvalue weighted by atomic mass is 10.1. The molecule has 0 aliphatic heterocycles. The van der Waals surface area contributed by atoms with Crippen LogP contribution >= 0.6 is 0 Å². The van der Waals surface area contributed by atoms with Gasteiger partial charge in [-0.05, 0) is 12.1 Å². The smallest absolute Gasteiger partial charge is 0.194 e. The number of fused-ring (bicyclic) bond motifs is 2. The topological polar surface area (TPSA) is 70.7 Å². The fraction of sp³-hybridized carbons (Fsp3) is 0.0714. The van der Waals surface area contributed by atoms with Crippen molar-refractivity contribution in [3.8, 4) is 11.5 Å². The normalized spacial score (nSPS) is 11.2. The van der Waals surface area contributed by atoms with Crippen molar-refractivity contribution in [1.82, 2.24) is 0 Å². The molecule has 0 bridgehead atoms. The molecule has 0 saturated carbocycles. The van der Waals surface area contributed by atoms with E-state index in [-0.39, 0.29) is 23.0 Å². The number of carbonyl (C=O) groups is 1.